The van der Waals surface area contributed by atoms with E-state index in [1.54, 1.807) is 0 Å². The summed E-state index contributed by atoms with van der Waals surface area (Å²) in [5, 5.41) is -0.0718. The van der Waals surface area contributed by atoms with Gasteiger partial charge in [0.15, 0.2) is 6.61 Å². The van der Waals surface area contributed by atoms with Crippen molar-refractivity contribution in [2.45, 2.75) is 64.5 Å². The van der Waals surface area contributed by atoms with Crippen molar-refractivity contribution in [1.82, 2.24) is 0 Å². The van der Waals surface area contributed by atoms with E-state index < -0.39 is 20.0 Å². The first kappa shape index (κ1) is 18.2. The first-order valence-electron chi connectivity index (χ1n) is 7.40. The first-order valence-corrected chi connectivity index (χ1v) is 10.4. The topological polar surface area (TPSA) is 44.8 Å². The number of carbonyl (C=O) groups is 1. The Bertz CT molecular complexity index is 414. The van der Waals surface area contributed by atoms with Crippen LogP contribution in [-0.2, 0) is 14.2 Å². The molecule has 0 aromatic rings. The van der Waals surface area contributed by atoms with E-state index in [0.717, 1.165) is 6.42 Å². The second-order valence-corrected chi connectivity index (χ2v) is 12.3. The van der Waals surface area contributed by atoms with Gasteiger partial charge in [0.05, 0.1) is 12.1 Å². The number of cyclic esters (lactones) is 2. The van der Waals surface area contributed by atoms with Gasteiger partial charge in [-0.3, -0.25) is 0 Å². The fourth-order valence-electron chi connectivity index (χ4n) is 1.91. The summed E-state index contributed by atoms with van der Waals surface area (Å²) >= 11 is 0. The molecule has 0 saturated carbocycles. The van der Waals surface area contributed by atoms with Crippen LogP contribution in [0.25, 0.3) is 0 Å². The van der Waals surface area contributed by atoms with Gasteiger partial charge in [0, 0.05) is 6.42 Å². The van der Waals surface area contributed by atoms with Gasteiger partial charge in [-0.25, -0.2) is 9.18 Å². The van der Waals surface area contributed by atoms with E-state index in [0.29, 0.717) is 6.42 Å². The molecule has 1 heterocycles. The highest BCUT2D eigenvalue weighted by Crippen LogP contribution is 2.41. The molecule has 4 nitrogen and oxygen atoms in total. The Balaban J connectivity index is 2.69. The molecular formula is C15H27FO4Si. The molecule has 21 heavy (non-hydrogen) atoms. The van der Waals surface area contributed by atoms with E-state index in [2.05, 4.69) is 20.8 Å². The monoisotopic (exact) mass is 318 g/mol. The lowest BCUT2D eigenvalue weighted by molar-refractivity contribution is -0.176. The maximum atomic E-state index is 14.4. The van der Waals surface area contributed by atoms with Gasteiger partial charge in [-0.1, -0.05) is 40.8 Å². The summed E-state index contributed by atoms with van der Waals surface area (Å²) in [6.45, 7) is 12.3. The summed E-state index contributed by atoms with van der Waals surface area (Å²) in [6, 6.07) is 0. The quantitative estimate of drug-likeness (QED) is 0.531. The maximum absolute atomic E-state index is 14.4. The highest BCUT2D eigenvalue weighted by Gasteiger charge is 2.43. The molecule has 0 radical (unpaired) electrons. The van der Waals surface area contributed by atoms with Gasteiger partial charge >= 0.3 is 6.16 Å². The number of carbonyl (C=O) groups excluding carboxylic acids is 1. The van der Waals surface area contributed by atoms with E-state index >= 15 is 0 Å². The molecule has 0 amide bonds. The lowest BCUT2D eigenvalue weighted by Crippen LogP contribution is -2.39. The van der Waals surface area contributed by atoms with E-state index in [9.17, 15) is 9.18 Å². The summed E-state index contributed by atoms with van der Waals surface area (Å²) in [7, 11) is -2.17. The summed E-state index contributed by atoms with van der Waals surface area (Å²) in [4.78, 5) is 11.1. The fourth-order valence-corrected chi connectivity index (χ4v) is 3.22. The Labute approximate surface area is 127 Å². The Morgan fingerprint density at radius 2 is 2.10 bits per heavy atom. The number of ether oxygens (including phenoxy) is 3. The van der Waals surface area contributed by atoms with E-state index in [-0.39, 0.29) is 23.7 Å². The third-order valence-electron chi connectivity index (χ3n) is 4.39. The molecule has 1 aliphatic heterocycles. The smallest absolute Gasteiger partial charge is 0.427 e. The second kappa shape index (κ2) is 6.48. The minimum absolute atomic E-state index is 0.0647. The van der Waals surface area contributed by atoms with Crippen LogP contribution in [0.1, 0.15) is 40.5 Å². The van der Waals surface area contributed by atoms with Crippen LogP contribution in [0.5, 0.6) is 0 Å². The molecule has 0 aromatic carbocycles. The van der Waals surface area contributed by atoms with Gasteiger partial charge in [-0.2, -0.15) is 0 Å². The number of halogens is 1. The van der Waals surface area contributed by atoms with Crippen molar-refractivity contribution in [3.05, 3.63) is 11.5 Å². The standard InChI is InChI=1S/C15H27FO4Si/c1-7-9-15(11-18-13(17)20-15)19-10-8-12(16)21(5,6)14(2,3)4/h8H,7,9-11H2,1-6H3. The van der Waals surface area contributed by atoms with Crippen LogP contribution in [0, 0.1) is 0 Å². The molecule has 1 rings (SSSR count). The van der Waals surface area contributed by atoms with E-state index in [1.165, 1.54) is 6.08 Å². The van der Waals surface area contributed by atoms with Crippen LogP contribution in [0.2, 0.25) is 18.1 Å². The third kappa shape index (κ3) is 4.29. The predicted molar refractivity (Wildman–Crippen MR) is 82.4 cm³/mol. The van der Waals surface area contributed by atoms with Gasteiger partial charge in [0.1, 0.15) is 8.07 Å². The Morgan fingerprint density at radius 3 is 2.52 bits per heavy atom. The normalized spacial score (nSPS) is 24.0. The molecule has 0 spiro atoms. The molecule has 6 heteroatoms. The largest absolute Gasteiger partial charge is 0.511 e. The Hall–Kier alpha value is -0.883. The third-order valence-corrected chi connectivity index (χ3v) is 9.54. The molecule has 1 atom stereocenters. The van der Waals surface area contributed by atoms with Gasteiger partial charge in [0.25, 0.3) is 5.79 Å². The maximum Gasteiger partial charge on any atom is 0.511 e. The zero-order valence-corrected chi connectivity index (χ0v) is 14.9. The highest BCUT2D eigenvalue weighted by atomic mass is 28.3. The highest BCUT2D eigenvalue weighted by molar-refractivity contribution is 6.86. The van der Waals surface area contributed by atoms with Gasteiger partial charge in [-0.15, -0.1) is 0 Å². The van der Waals surface area contributed by atoms with Gasteiger partial charge in [0.2, 0.25) is 0 Å². The van der Waals surface area contributed by atoms with Crippen molar-refractivity contribution >= 4 is 14.2 Å². The number of rotatable bonds is 6. The Morgan fingerprint density at radius 1 is 1.48 bits per heavy atom. The molecule has 122 valence electrons. The van der Waals surface area contributed by atoms with Gasteiger partial charge < -0.3 is 14.2 Å². The first-order chi connectivity index (χ1) is 9.54. The van der Waals surface area contributed by atoms with Crippen LogP contribution in [0.3, 0.4) is 0 Å². The van der Waals surface area contributed by atoms with Crippen molar-refractivity contribution in [3.63, 3.8) is 0 Å². The van der Waals surface area contributed by atoms with Crippen molar-refractivity contribution in [2.75, 3.05) is 13.2 Å². The van der Waals surface area contributed by atoms with E-state index in [1.807, 2.05) is 20.0 Å². The van der Waals surface area contributed by atoms with Crippen molar-refractivity contribution in [1.29, 1.82) is 0 Å². The zero-order chi connectivity index (χ0) is 16.3. The van der Waals surface area contributed by atoms with Crippen molar-refractivity contribution < 1.29 is 23.4 Å². The minimum Gasteiger partial charge on any atom is -0.427 e. The summed E-state index contributed by atoms with van der Waals surface area (Å²) in [6.07, 6.45) is 2.07. The lowest BCUT2D eigenvalue weighted by atomic mass is 10.1. The van der Waals surface area contributed by atoms with Crippen LogP contribution in [0.15, 0.2) is 11.5 Å². The average Bonchev–Trinajstić information content (AvgIpc) is 2.70. The van der Waals surface area contributed by atoms with Crippen molar-refractivity contribution in [2.24, 2.45) is 0 Å². The molecule has 0 bridgehead atoms. The van der Waals surface area contributed by atoms with Crippen LogP contribution in [-0.4, -0.2) is 33.2 Å². The molecule has 1 aliphatic rings. The molecule has 0 N–H and O–H groups in total. The molecule has 1 saturated heterocycles. The van der Waals surface area contributed by atoms with Crippen LogP contribution in [0.4, 0.5) is 9.18 Å². The summed E-state index contributed by atoms with van der Waals surface area (Å²) in [5.41, 5.74) is -0.0908. The Kier molecular flexibility index (Phi) is 5.61. The van der Waals surface area contributed by atoms with Crippen LogP contribution < -0.4 is 0 Å². The molecule has 1 unspecified atom stereocenters. The minimum atomic E-state index is -2.17. The summed E-state index contributed by atoms with van der Waals surface area (Å²) < 4.78 is 30.0. The summed E-state index contributed by atoms with van der Waals surface area (Å²) in [5.74, 6) is -1.06. The van der Waals surface area contributed by atoms with E-state index in [4.69, 9.17) is 14.2 Å². The second-order valence-electron chi connectivity index (χ2n) is 7.04. The fraction of sp³-hybridized carbons (Fsp3) is 0.800. The zero-order valence-electron chi connectivity index (χ0n) is 13.9. The molecule has 1 fully saturated rings. The van der Waals surface area contributed by atoms with Crippen molar-refractivity contribution in [3.8, 4) is 0 Å². The lowest BCUT2D eigenvalue weighted by Gasteiger charge is -2.35. The molecule has 0 aliphatic carbocycles. The predicted octanol–water partition coefficient (Wildman–Crippen LogP) is 4.57. The molecular weight excluding hydrogens is 291 g/mol. The average molecular weight is 318 g/mol. The molecule has 0 aromatic heterocycles. The number of hydrogen-bond donors (Lipinski definition) is 0. The van der Waals surface area contributed by atoms with Crippen LogP contribution >= 0.6 is 0 Å². The van der Waals surface area contributed by atoms with Gasteiger partial charge in [-0.05, 0) is 17.5 Å². The number of hydrogen-bond acceptors (Lipinski definition) is 4. The SMILES string of the molecule is CCCC1(OCC=C(F)[Si](C)(C)C(C)(C)C)COC(=O)O1.